The van der Waals surface area contributed by atoms with Crippen molar-refractivity contribution in [2.24, 2.45) is 5.73 Å². The third-order valence-corrected chi connectivity index (χ3v) is 3.41. The topological polar surface area (TPSA) is 55.6 Å². The quantitative estimate of drug-likeness (QED) is 0.820. The number of likely N-dealkylation sites (N-methyl/N-ethyl adjacent to an activating group) is 1. The summed E-state index contributed by atoms with van der Waals surface area (Å²) in [4.78, 5) is 14.1. The van der Waals surface area contributed by atoms with E-state index < -0.39 is 0 Å². The Morgan fingerprint density at radius 1 is 1.53 bits per heavy atom. The second-order valence-corrected chi connectivity index (χ2v) is 5.13. The summed E-state index contributed by atoms with van der Waals surface area (Å²) in [6, 6.07) is 7.42. The van der Waals surface area contributed by atoms with Crippen LogP contribution in [0.25, 0.3) is 0 Å². The zero-order valence-electron chi connectivity index (χ0n) is 11.5. The van der Waals surface area contributed by atoms with Gasteiger partial charge in [-0.25, -0.2) is 0 Å². The van der Waals surface area contributed by atoms with Crippen LogP contribution in [0.15, 0.2) is 24.3 Å². The minimum atomic E-state index is 0.0775. The Bertz CT molecular complexity index is 434. The lowest BCUT2D eigenvalue weighted by molar-refractivity contribution is 0.0976. The lowest BCUT2D eigenvalue weighted by Crippen LogP contribution is -2.38. The van der Waals surface area contributed by atoms with E-state index in [1.54, 1.807) is 0 Å². The van der Waals surface area contributed by atoms with Gasteiger partial charge in [0.2, 0.25) is 0 Å². The number of nitrogens with zero attached hydrogens (tertiary/aromatic N) is 1. The second kappa shape index (κ2) is 6.68. The zero-order chi connectivity index (χ0) is 13.7. The molecule has 1 aliphatic heterocycles. The minimum absolute atomic E-state index is 0.0775. The first kappa shape index (κ1) is 14.0. The predicted molar refractivity (Wildman–Crippen MR) is 75.6 cm³/mol. The molecule has 0 saturated carbocycles. The van der Waals surface area contributed by atoms with Gasteiger partial charge in [-0.15, -0.1) is 0 Å². The van der Waals surface area contributed by atoms with Gasteiger partial charge in [0.05, 0.1) is 0 Å². The van der Waals surface area contributed by atoms with E-state index in [0.717, 1.165) is 31.7 Å². The van der Waals surface area contributed by atoms with Crippen LogP contribution in [0, 0.1) is 0 Å². The number of carbonyl (C=O) groups excluding carboxylic acids is 1. The van der Waals surface area contributed by atoms with Crippen molar-refractivity contribution in [2.75, 3.05) is 26.7 Å². The van der Waals surface area contributed by atoms with Crippen LogP contribution < -0.4 is 10.5 Å². The van der Waals surface area contributed by atoms with E-state index in [1.807, 2.05) is 24.3 Å². The van der Waals surface area contributed by atoms with Crippen molar-refractivity contribution < 1.29 is 9.53 Å². The Hall–Kier alpha value is -1.39. The number of Topliss-reactive ketones (excluding diaryl/α,β-unsaturated/α-hetero) is 1. The molecule has 4 heteroatoms. The van der Waals surface area contributed by atoms with Gasteiger partial charge in [0.1, 0.15) is 11.9 Å². The summed E-state index contributed by atoms with van der Waals surface area (Å²) >= 11 is 0. The molecule has 1 fully saturated rings. The van der Waals surface area contributed by atoms with Gasteiger partial charge in [0.25, 0.3) is 0 Å². The molecule has 19 heavy (non-hydrogen) atoms. The Morgan fingerprint density at radius 3 is 3.11 bits per heavy atom. The van der Waals surface area contributed by atoms with E-state index in [-0.39, 0.29) is 11.9 Å². The number of rotatable bonds is 5. The van der Waals surface area contributed by atoms with Gasteiger partial charge in [0.15, 0.2) is 5.78 Å². The molecule has 1 heterocycles. The van der Waals surface area contributed by atoms with E-state index in [9.17, 15) is 4.79 Å². The van der Waals surface area contributed by atoms with Crippen molar-refractivity contribution in [1.82, 2.24) is 4.90 Å². The van der Waals surface area contributed by atoms with E-state index in [0.29, 0.717) is 18.5 Å². The predicted octanol–water partition coefficient (Wildman–Crippen LogP) is 1.69. The van der Waals surface area contributed by atoms with Crippen LogP contribution in [0.4, 0.5) is 0 Å². The average molecular weight is 262 g/mol. The van der Waals surface area contributed by atoms with Gasteiger partial charge in [-0.1, -0.05) is 12.1 Å². The van der Waals surface area contributed by atoms with Crippen molar-refractivity contribution in [2.45, 2.75) is 25.4 Å². The van der Waals surface area contributed by atoms with E-state index in [1.165, 1.54) is 0 Å². The van der Waals surface area contributed by atoms with E-state index >= 15 is 0 Å². The highest BCUT2D eigenvalue weighted by Gasteiger charge is 2.18. The molecular weight excluding hydrogens is 240 g/mol. The highest BCUT2D eigenvalue weighted by molar-refractivity contribution is 5.96. The van der Waals surface area contributed by atoms with Gasteiger partial charge in [0, 0.05) is 18.5 Å². The van der Waals surface area contributed by atoms with E-state index in [2.05, 4.69) is 11.9 Å². The number of ether oxygens (including phenoxy) is 1. The molecule has 104 valence electrons. The summed E-state index contributed by atoms with van der Waals surface area (Å²) in [7, 11) is 2.11. The number of piperidine rings is 1. The van der Waals surface area contributed by atoms with Gasteiger partial charge >= 0.3 is 0 Å². The van der Waals surface area contributed by atoms with Gasteiger partial charge < -0.3 is 15.4 Å². The molecular formula is C15H22N2O2. The number of benzene rings is 1. The largest absolute Gasteiger partial charge is 0.489 e. The molecule has 0 aromatic heterocycles. The van der Waals surface area contributed by atoms with Crippen LogP contribution >= 0.6 is 0 Å². The highest BCUT2D eigenvalue weighted by Crippen LogP contribution is 2.19. The number of hydrogen-bond donors (Lipinski definition) is 1. The van der Waals surface area contributed by atoms with Gasteiger partial charge in [-0.2, -0.15) is 0 Å². The molecule has 0 amide bonds. The van der Waals surface area contributed by atoms with Crippen LogP contribution in [-0.4, -0.2) is 43.5 Å². The molecule has 0 bridgehead atoms. The first-order valence-corrected chi connectivity index (χ1v) is 6.87. The van der Waals surface area contributed by atoms with Gasteiger partial charge in [-0.05, 0) is 45.1 Å². The molecule has 0 radical (unpaired) electrons. The van der Waals surface area contributed by atoms with Crippen molar-refractivity contribution in [3.05, 3.63) is 29.8 Å². The first-order chi connectivity index (χ1) is 9.19. The lowest BCUT2D eigenvalue weighted by Gasteiger charge is -2.30. The first-order valence-electron chi connectivity index (χ1n) is 6.87. The maximum Gasteiger partial charge on any atom is 0.164 e. The van der Waals surface area contributed by atoms with E-state index in [4.69, 9.17) is 10.5 Å². The summed E-state index contributed by atoms with van der Waals surface area (Å²) in [5.41, 5.74) is 6.10. The maximum absolute atomic E-state index is 11.8. The normalized spacial score (nSPS) is 20.2. The summed E-state index contributed by atoms with van der Waals surface area (Å²) < 4.78 is 5.97. The molecule has 1 atom stereocenters. The molecule has 0 spiro atoms. The average Bonchev–Trinajstić information content (AvgIpc) is 2.39. The SMILES string of the molecule is CN1CCCC(Oc2cccc(C(=O)CCN)c2)C1. The molecule has 1 unspecified atom stereocenters. The minimum Gasteiger partial charge on any atom is -0.489 e. The molecule has 2 rings (SSSR count). The molecule has 1 aromatic carbocycles. The number of ketones is 1. The van der Waals surface area contributed by atoms with Crippen molar-refractivity contribution in [3.63, 3.8) is 0 Å². The van der Waals surface area contributed by atoms with Crippen molar-refractivity contribution in [1.29, 1.82) is 0 Å². The fourth-order valence-corrected chi connectivity index (χ4v) is 2.43. The molecule has 1 aliphatic rings. The van der Waals surface area contributed by atoms with Crippen LogP contribution in [0.3, 0.4) is 0 Å². The zero-order valence-corrected chi connectivity index (χ0v) is 11.5. The Kier molecular flexibility index (Phi) is 4.93. The van der Waals surface area contributed by atoms with Gasteiger partial charge in [-0.3, -0.25) is 4.79 Å². The van der Waals surface area contributed by atoms with Crippen LogP contribution in [-0.2, 0) is 0 Å². The fourth-order valence-electron chi connectivity index (χ4n) is 2.43. The third-order valence-electron chi connectivity index (χ3n) is 3.41. The molecule has 1 saturated heterocycles. The second-order valence-electron chi connectivity index (χ2n) is 5.13. The molecule has 4 nitrogen and oxygen atoms in total. The summed E-state index contributed by atoms with van der Waals surface area (Å²) in [5.74, 6) is 0.858. The summed E-state index contributed by atoms with van der Waals surface area (Å²) in [6.45, 7) is 2.47. The number of carbonyl (C=O) groups is 1. The number of hydrogen-bond acceptors (Lipinski definition) is 4. The third kappa shape index (κ3) is 4.04. The van der Waals surface area contributed by atoms with Crippen LogP contribution in [0.5, 0.6) is 5.75 Å². The summed E-state index contributed by atoms with van der Waals surface area (Å²) in [5, 5.41) is 0. The number of nitrogens with two attached hydrogens (primary N) is 1. The lowest BCUT2D eigenvalue weighted by atomic mass is 10.1. The van der Waals surface area contributed by atoms with Crippen LogP contribution in [0.2, 0.25) is 0 Å². The summed E-state index contributed by atoms with van der Waals surface area (Å²) in [6.07, 6.45) is 2.84. The molecule has 1 aromatic rings. The Morgan fingerprint density at radius 2 is 2.37 bits per heavy atom. The smallest absolute Gasteiger partial charge is 0.164 e. The standard InChI is InChI=1S/C15H22N2O2/c1-17-9-3-6-14(11-17)19-13-5-2-4-12(10-13)15(18)7-8-16/h2,4-5,10,14H,3,6-9,11,16H2,1H3. The van der Waals surface area contributed by atoms with Crippen molar-refractivity contribution >= 4 is 5.78 Å². The van der Waals surface area contributed by atoms with Crippen LogP contribution in [0.1, 0.15) is 29.6 Å². The maximum atomic E-state index is 11.8. The molecule has 2 N–H and O–H groups in total. The fraction of sp³-hybridized carbons (Fsp3) is 0.533. The monoisotopic (exact) mass is 262 g/mol. The van der Waals surface area contributed by atoms with Crippen molar-refractivity contribution in [3.8, 4) is 5.75 Å². The number of likely N-dealkylation sites (tertiary alicyclic amines) is 1. The Balaban J connectivity index is 2.00. The highest BCUT2D eigenvalue weighted by atomic mass is 16.5. The Labute approximate surface area is 114 Å². The molecule has 0 aliphatic carbocycles.